The van der Waals surface area contributed by atoms with E-state index in [-0.39, 0.29) is 21.9 Å². The molecule has 1 atom stereocenters. The van der Waals surface area contributed by atoms with Crippen molar-refractivity contribution in [2.45, 2.75) is 64.5 Å². The maximum absolute atomic E-state index is 13.6. The first kappa shape index (κ1) is 23.8. The first-order valence-electron chi connectivity index (χ1n) is 10.9. The minimum Gasteiger partial charge on any atom is -0.332 e. The van der Waals surface area contributed by atoms with Gasteiger partial charge in [0.05, 0.1) is 16.5 Å². The van der Waals surface area contributed by atoms with Gasteiger partial charge in [0, 0.05) is 29.7 Å². The molecule has 33 heavy (non-hydrogen) atoms. The van der Waals surface area contributed by atoms with Crippen molar-refractivity contribution < 1.29 is 21.6 Å². The van der Waals surface area contributed by atoms with Gasteiger partial charge in [-0.25, -0.2) is 18.1 Å². The number of pyridine rings is 1. The molecule has 1 aliphatic carbocycles. The highest BCUT2D eigenvalue weighted by Crippen LogP contribution is 2.38. The zero-order valence-corrected chi connectivity index (χ0v) is 19.9. The molecule has 2 aromatic heterocycles. The van der Waals surface area contributed by atoms with Gasteiger partial charge in [-0.3, -0.25) is 0 Å². The van der Waals surface area contributed by atoms with E-state index in [4.69, 9.17) is 0 Å². The zero-order chi connectivity index (χ0) is 24.2. The molecule has 0 bridgehead atoms. The van der Waals surface area contributed by atoms with Gasteiger partial charge >= 0.3 is 6.18 Å². The molecule has 0 saturated heterocycles. The molecule has 0 spiro atoms. The van der Waals surface area contributed by atoms with Gasteiger partial charge in [-0.05, 0) is 48.9 Å². The third-order valence-corrected chi connectivity index (χ3v) is 7.71. The molecule has 0 aliphatic heterocycles. The van der Waals surface area contributed by atoms with Gasteiger partial charge in [-0.2, -0.15) is 13.2 Å². The molecule has 9 heteroatoms. The van der Waals surface area contributed by atoms with Gasteiger partial charge < -0.3 is 4.57 Å². The fourth-order valence-electron chi connectivity index (χ4n) is 4.06. The normalized spacial score (nSPS) is 16.3. The summed E-state index contributed by atoms with van der Waals surface area (Å²) in [5.74, 6) is 0. The van der Waals surface area contributed by atoms with Crippen LogP contribution in [0.1, 0.15) is 57.7 Å². The summed E-state index contributed by atoms with van der Waals surface area (Å²) >= 11 is 0. The van der Waals surface area contributed by atoms with Crippen molar-refractivity contribution in [3.8, 4) is 11.3 Å². The fourth-order valence-corrected chi connectivity index (χ4v) is 5.62. The van der Waals surface area contributed by atoms with E-state index in [0.29, 0.717) is 25.0 Å². The summed E-state index contributed by atoms with van der Waals surface area (Å²) in [6.45, 7) is 8.52. The Morgan fingerprint density at radius 3 is 2.39 bits per heavy atom. The summed E-state index contributed by atoms with van der Waals surface area (Å²) in [6.07, 6.45) is -1.31. The Hall–Kier alpha value is -2.39. The van der Waals surface area contributed by atoms with Gasteiger partial charge in [-0.1, -0.05) is 39.0 Å². The Morgan fingerprint density at radius 1 is 1.12 bits per heavy atom. The number of alkyl halides is 3. The Kier molecular flexibility index (Phi) is 5.85. The van der Waals surface area contributed by atoms with Crippen LogP contribution in [0, 0.1) is 5.41 Å². The SMILES string of the molecule is C[C@@H](NS(=O)(=O)C1CC1)c1cn(CC(C)(C)C)c2nc(-c3ccccc3C(F)(F)F)ccc12. The van der Waals surface area contributed by atoms with Crippen molar-refractivity contribution in [1.82, 2.24) is 14.3 Å². The van der Waals surface area contributed by atoms with Crippen LogP contribution in [0.25, 0.3) is 22.3 Å². The van der Waals surface area contributed by atoms with Crippen molar-refractivity contribution in [3.05, 3.63) is 53.7 Å². The summed E-state index contributed by atoms with van der Waals surface area (Å²) in [5, 5.41) is 0.380. The van der Waals surface area contributed by atoms with Gasteiger partial charge in [0.15, 0.2) is 0 Å². The average Bonchev–Trinajstić information content (AvgIpc) is 3.50. The number of aromatic nitrogens is 2. The van der Waals surface area contributed by atoms with E-state index in [1.807, 2.05) is 10.8 Å². The van der Waals surface area contributed by atoms with Crippen LogP contribution in [-0.4, -0.2) is 23.2 Å². The molecule has 0 radical (unpaired) electrons. The maximum atomic E-state index is 13.6. The van der Waals surface area contributed by atoms with E-state index < -0.39 is 27.8 Å². The third-order valence-electron chi connectivity index (χ3n) is 5.68. The molecule has 1 aromatic carbocycles. The first-order chi connectivity index (χ1) is 15.3. The predicted octanol–water partition coefficient (Wildman–Crippen LogP) is 5.91. The largest absolute Gasteiger partial charge is 0.417 e. The summed E-state index contributed by atoms with van der Waals surface area (Å²) < 4.78 is 70.4. The van der Waals surface area contributed by atoms with Crippen LogP contribution in [0.4, 0.5) is 13.2 Å². The van der Waals surface area contributed by atoms with Crippen molar-refractivity contribution in [2.24, 2.45) is 5.41 Å². The van der Waals surface area contributed by atoms with Crippen LogP contribution < -0.4 is 4.72 Å². The van der Waals surface area contributed by atoms with Crippen LogP contribution >= 0.6 is 0 Å². The molecule has 1 aliphatic rings. The molecule has 1 fully saturated rings. The molecule has 3 aromatic rings. The van der Waals surface area contributed by atoms with E-state index in [9.17, 15) is 21.6 Å². The van der Waals surface area contributed by atoms with E-state index >= 15 is 0 Å². The number of nitrogens with zero attached hydrogens (tertiary/aromatic N) is 2. The van der Waals surface area contributed by atoms with Crippen molar-refractivity contribution in [3.63, 3.8) is 0 Å². The quantitative estimate of drug-likeness (QED) is 0.478. The predicted molar refractivity (Wildman–Crippen MR) is 123 cm³/mol. The number of rotatable bonds is 6. The first-order valence-corrected chi connectivity index (χ1v) is 12.5. The summed E-state index contributed by atoms with van der Waals surface area (Å²) in [5.41, 5.74) is 0.660. The highest BCUT2D eigenvalue weighted by Gasteiger charge is 2.37. The van der Waals surface area contributed by atoms with Crippen LogP contribution in [0.15, 0.2) is 42.6 Å². The number of hydrogen-bond donors (Lipinski definition) is 1. The molecule has 0 amide bonds. The lowest BCUT2D eigenvalue weighted by atomic mass is 9.97. The molecule has 1 saturated carbocycles. The third kappa shape index (κ3) is 5.09. The minimum atomic E-state index is -4.50. The molecule has 0 unspecified atom stereocenters. The second-order valence-electron chi connectivity index (χ2n) is 9.97. The summed E-state index contributed by atoms with van der Waals surface area (Å²) in [6, 6.07) is 8.20. The smallest absolute Gasteiger partial charge is 0.332 e. The lowest BCUT2D eigenvalue weighted by Gasteiger charge is -2.20. The molecule has 5 nitrogen and oxygen atoms in total. The summed E-state index contributed by atoms with van der Waals surface area (Å²) in [4.78, 5) is 4.64. The highest BCUT2D eigenvalue weighted by molar-refractivity contribution is 7.90. The number of benzene rings is 1. The second kappa shape index (κ2) is 8.13. The number of hydrogen-bond acceptors (Lipinski definition) is 3. The Labute approximate surface area is 192 Å². The monoisotopic (exact) mass is 479 g/mol. The zero-order valence-electron chi connectivity index (χ0n) is 19.1. The Morgan fingerprint density at radius 2 is 1.79 bits per heavy atom. The number of halogens is 3. The van der Waals surface area contributed by atoms with Crippen LogP contribution in [-0.2, 0) is 22.7 Å². The lowest BCUT2D eigenvalue weighted by molar-refractivity contribution is -0.137. The average molecular weight is 480 g/mol. The highest BCUT2D eigenvalue weighted by atomic mass is 32.2. The lowest BCUT2D eigenvalue weighted by Crippen LogP contribution is -2.29. The number of fused-ring (bicyclic) bond motifs is 1. The van der Waals surface area contributed by atoms with E-state index in [1.165, 1.54) is 12.1 Å². The van der Waals surface area contributed by atoms with Gasteiger partial charge in [0.1, 0.15) is 5.65 Å². The molecular formula is C24H28F3N3O2S. The van der Waals surface area contributed by atoms with E-state index in [1.54, 1.807) is 25.1 Å². The van der Waals surface area contributed by atoms with E-state index in [2.05, 4.69) is 30.5 Å². The Balaban J connectivity index is 1.83. The fraction of sp³-hybridized carbons (Fsp3) is 0.458. The minimum absolute atomic E-state index is 0.0134. The van der Waals surface area contributed by atoms with Crippen molar-refractivity contribution in [2.75, 3.05) is 0 Å². The molecule has 2 heterocycles. The molecule has 178 valence electrons. The molecular weight excluding hydrogens is 451 g/mol. The van der Waals surface area contributed by atoms with Crippen LogP contribution in [0.2, 0.25) is 0 Å². The van der Waals surface area contributed by atoms with E-state index in [0.717, 1.165) is 17.0 Å². The number of sulfonamides is 1. The molecule has 1 N–H and O–H groups in total. The number of nitrogens with one attached hydrogen (secondary N) is 1. The maximum Gasteiger partial charge on any atom is 0.417 e. The summed E-state index contributed by atoms with van der Waals surface area (Å²) in [7, 11) is -3.41. The second-order valence-corrected chi connectivity index (χ2v) is 12.0. The van der Waals surface area contributed by atoms with Gasteiger partial charge in [-0.15, -0.1) is 0 Å². The molecule has 4 rings (SSSR count). The Bertz CT molecular complexity index is 1290. The standard InChI is InChI=1S/C24H28F3N3O2S/c1-15(29-33(31,32)16-9-10-16)19-13-30(14-23(2,3)4)22-17(19)11-12-21(28-22)18-7-5-6-8-20(18)24(25,26)27/h5-8,11-13,15-16,29H,9-10,14H2,1-4H3/t15-/m1/s1. The van der Waals surface area contributed by atoms with Crippen LogP contribution in [0.3, 0.4) is 0 Å². The van der Waals surface area contributed by atoms with Gasteiger partial charge in [0.2, 0.25) is 10.0 Å². The van der Waals surface area contributed by atoms with Gasteiger partial charge in [0.25, 0.3) is 0 Å². The van der Waals surface area contributed by atoms with Crippen molar-refractivity contribution >= 4 is 21.1 Å². The van der Waals surface area contributed by atoms with Crippen molar-refractivity contribution in [1.29, 1.82) is 0 Å². The van der Waals surface area contributed by atoms with Crippen LogP contribution in [0.5, 0.6) is 0 Å². The topological polar surface area (TPSA) is 64.0 Å².